The molecule has 0 amide bonds. The Morgan fingerprint density at radius 1 is 1.06 bits per heavy atom. The van der Waals surface area contributed by atoms with E-state index in [-0.39, 0.29) is 6.04 Å². The molecule has 3 heterocycles. The fourth-order valence-electron chi connectivity index (χ4n) is 4.02. The zero-order valence-corrected chi connectivity index (χ0v) is 18.0. The van der Waals surface area contributed by atoms with Crippen LogP contribution in [-0.4, -0.2) is 37.8 Å². The van der Waals surface area contributed by atoms with Crippen molar-refractivity contribution in [2.75, 3.05) is 13.2 Å². The Hall–Kier alpha value is -3.65. The molecule has 32 heavy (non-hydrogen) atoms. The van der Waals surface area contributed by atoms with Gasteiger partial charge in [-0.1, -0.05) is 30.3 Å². The summed E-state index contributed by atoms with van der Waals surface area (Å²) in [6.45, 7) is 2.63. The molecule has 5 rings (SSSR count). The fourth-order valence-corrected chi connectivity index (χ4v) is 4.02. The number of rotatable bonds is 8. The minimum absolute atomic E-state index is 0.175. The lowest BCUT2D eigenvalue weighted by atomic mass is 10.0. The minimum Gasteiger partial charge on any atom is -0.486 e. The van der Waals surface area contributed by atoms with Crippen molar-refractivity contribution in [2.24, 2.45) is 7.05 Å². The number of hydrogen-bond donors (Lipinski definition) is 1. The summed E-state index contributed by atoms with van der Waals surface area (Å²) >= 11 is 0. The van der Waals surface area contributed by atoms with Crippen molar-refractivity contribution in [3.05, 3.63) is 78.5 Å². The van der Waals surface area contributed by atoms with Crippen LogP contribution >= 0.6 is 0 Å². The Balaban J connectivity index is 1.35. The van der Waals surface area contributed by atoms with Gasteiger partial charge in [0.1, 0.15) is 25.9 Å². The van der Waals surface area contributed by atoms with E-state index in [0.717, 1.165) is 41.3 Å². The molecule has 0 saturated heterocycles. The summed E-state index contributed by atoms with van der Waals surface area (Å²) in [4.78, 5) is 4.05. The summed E-state index contributed by atoms with van der Waals surface area (Å²) in [6, 6.07) is 16.7. The molecular formula is C24H26N6O2. The summed E-state index contributed by atoms with van der Waals surface area (Å²) < 4.78 is 15.1. The molecule has 0 aliphatic carbocycles. The Labute approximate surface area is 186 Å². The molecule has 8 nitrogen and oxygen atoms in total. The van der Waals surface area contributed by atoms with Gasteiger partial charge in [0.05, 0.1) is 5.69 Å². The van der Waals surface area contributed by atoms with Crippen LogP contribution in [0.25, 0.3) is 11.3 Å². The first kappa shape index (κ1) is 20.3. The quantitative estimate of drug-likeness (QED) is 0.462. The second-order valence-electron chi connectivity index (χ2n) is 7.83. The van der Waals surface area contributed by atoms with Crippen molar-refractivity contribution >= 4 is 0 Å². The van der Waals surface area contributed by atoms with E-state index >= 15 is 0 Å². The van der Waals surface area contributed by atoms with E-state index in [0.29, 0.717) is 19.8 Å². The standard InChI is InChI=1S/C24H26N6O2/c1-29-15-20(24(28-29)19-7-8-22-23(13-19)32-12-11-31-22)14-26-21(18-5-3-2-4-6-18)9-10-30-17-25-16-27-30/h2-8,13,15-17,21,26H,9-12,14H2,1H3/t21-/m0/s1. The summed E-state index contributed by atoms with van der Waals surface area (Å²) in [5.74, 6) is 1.56. The van der Waals surface area contributed by atoms with Crippen LogP contribution in [-0.2, 0) is 20.1 Å². The normalized spacial score (nSPS) is 13.8. The largest absolute Gasteiger partial charge is 0.486 e. The third-order valence-electron chi connectivity index (χ3n) is 5.57. The van der Waals surface area contributed by atoms with Crippen LogP contribution in [0.4, 0.5) is 0 Å². The molecule has 2 aromatic heterocycles. The molecule has 0 fully saturated rings. The number of aromatic nitrogens is 5. The second kappa shape index (κ2) is 9.23. The zero-order valence-electron chi connectivity index (χ0n) is 18.0. The molecule has 1 aliphatic rings. The number of ether oxygens (including phenoxy) is 2. The lowest BCUT2D eigenvalue weighted by molar-refractivity contribution is 0.171. The van der Waals surface area contributed by atoms with E-state index in [2.05, 4.69) is 45.9 Å². The van der Waals surface area contributed by atoms with Gasteiger partial charge in [-0.25, -0.2) is 4.98 Å². The number of nitrogens with one attached hydrogen (secondary N) is 1. The van der Waals surface area contributed by atoms with E-state index in [9.17, 15) is 0 Å². The monoisotopic (exact) mass is 430 g/mol. The first-order chi connectivity index (χ1) is 15.8. The van der Waals surface area contributed by atoms with Crippen LogP contribution in [0.15, 0.2) is 67.4 Å². The highest BCUT2D eigenvalue weighted by Gasteiger charge is 2.18. The van der Waals surface area contributed by atoms with Crippen molar-refractivity contribution in [2.45, 2.75) is 25.6 Å². The van der Waals surface area contributed by atoms with E-state index in [4.69, 9.17) is 14.6 Å². The lowest BCUT2D eigenvalue weighted by Gasteiger charge is -2.20. The molecule has 0 saturated carbocycles. The first-order valence-electron chi connectivity index (χ1n) is 10.8. The molecule has 1 atom stereocenters. The molecule has 4 aromatic rings. The number of benzene rings is 2. The van der Waals surface area contributed by atoms with Crippen molar-refractivity contribution in [3.63, 3.8) is 0 Å². The number of hydrogen-bond acceptors (Lipinski definition) is 6. The highest BCUT2D eigenvalue weighted by Crippen LogP contribution is 2.35. The van der Waals surface area contributed by atoms with Gasteiger partial charge in [-0.15, -0.1) is 0 Å². The Bertz CT molecular complexity index is 1160. The average molecular weight is 431 g/mol. The van der Waals surface area contributed by atoms with Crippen molar-refractivity contribution < 1.29 is 9.47 Å². The third kappa shape index (κ3) is 4.50. The van der Waals surface area contributed by atoms with Crippen molar-refractivity contribution in [1.82, 2.24) is 29.9 Å². The summed E-state index contributed by atoms with van der Waals surface area (Å²) in [5, 5.41) is 12.7. The predicted octanol–water partition coefficient (Wildman–Crippen LogP) is 3.37. The van der Waals surface area contributed by atoms with Gasteiger partial charge in [-0.3, -0.25) is 9.36 Å². The number of nitrogens with zero attached hydrogens (tertiary/aromatic N) is 5. The Kier molecular flexibility index (Phi) is 5.85. The number of fused-ring (bicyclic) bond motifs is 1. The maximum Gasteiger partial charge on any atom is 0.162 e. The minimum atomic E-state index is 0.175. The molecule has 164 valence electrons. The van der Waals surface area contributed by atoms with E-state index in [1.165, 1.54) is 5.56 Å². The molecule has 2 aromatic carbocycles. The highest BCUT2D eigenvalue weighted by molar-refractivity contribution is 5.66. The van der Waals surface area contributed by atoms with E-state index in [1.807, 2.05) is 40.7 Å². The average Bonchev–Trinajstić information content (AvgIpc) is 3.49. The van der Waals surface area contributed by atoms with Crippen LogP contribution in [0, 0.1) is 0 Å². The van der Waals surface area contributed by atoms with Crippen molar-refractivity contribution in [1.29, 1.82) is 0 Å². The SMILES string of the molecule is Cn1cc(CN[C@@H](CCn2cncn2)c2ccccc2)c(-c2ccc3c(c2)OCCO3)n1. The molecule has 8 heteroatoms. The Morgan fingerprint density at radius 3 is 2.72 bits per heavy atom. The van der Waals surface area contributed by atoms with Crippen molar-refractivity contribution in [3.8, 4) is 22.8 Å². The molecule has 1 N–H and O–H groups in total. The summed E-state index contributed by atoms with van der Waals surface area (Å²) in [7, 11) is 1.95. The van der Waals surface area contributed by atoms with Crippen LogP contribution < -0.4 is 14.8 Å². The van der Waals surface area contributed by atoms with Gasteiger partial charge in [-0.05, 0) is 30.2 Å². The molecule has 0 unspecified atom stereocenters. The lowest BCUT2D eigenvalue weighted by Crippen LogP contribution is -2.22. The van der Waals surface area contributed by atoms with E-state index < -0.39 is 0 Å². The third-order valence-corrected chi connectivity index (χ3v) is 5.57. The van der Waals surface area contributed by atoms with Crippen LogP contribution in [0.3, 0.4) is 0 Å². The summed E-state index contributed by atoms with van der Waals surface area (Å²) in [5.41, 5.74) is 4.34. The van der Waals surface area contributed by atoms with Gasteiger partial charge in [0.15, 0.2) is 11.5 Å². The molecule has 0 spiro atoms. The second-order valence-corrected chi connectivity index (χ2v) is 7.83. The van der Waals surface area contributed by atoms with Crippen LogP contribution in [0.2, 0.25) is 0 Å². The van der Waals surface area contributed by atoms with Gasteiger partial charge in [-0.2, -0.15) is 10.2 Å². The molecule has 0 bridgehead atoms. The predicted molar refractivity (Wildman–Crippen MR) is 120 cm³/mol. The van der Waals surface area contributed by atoms with E-state index in [1.54, 1.807) is 12.7 Å². The van der Waals surface area contributed by atoms with Gasteiger partial charge in [0.25, 0.3) is 0 Å². The fraction of sp³-hybridized carbons (Fsp3) is 0.292. The number of aryl methyl sites for hydroxylation is 2. The Morgan fingerprint density at radius 2 is 1.91 bits per heavy atom. The maximum atomic E-state index is 5.77. The molecule has 1 aliphatic heterocycles. The first-order valence-corrected chi connectivity index (χ1v) is 10.8. The zero-order chi connectivity index (χ0) is 21.8. The van der Waals surface area contributed by atoms with Crippen LogP contribution in [0.5, 0.6) is 11.5 Å². The highest BCUT2D eigenvalue weighted by atomic mass is 16.6. The summed E-state index contributed by atoms with van der Waals surface area (Å²) in [6.07, 6.45) is 6.29. The molecule has 0 radical (unpaired) electrons. The van der Waals surface area contributed by atoms with Gasteiger partial charge in [0, 0.05) is 43.5 Å². The maximum absolute atomic E-state index is 5.77. The molecular weight excluding hydrogens is 404 g/mol. The smallest absolute Gasteiger partial charge is 0.162 e. The van der Waals surface area contributed by atoms with Gasteiger partial charge < -0.3 is 14.8 Å². The van der Waals surface area contributed by atoms with Gasteiger partial charge in [0.2, 0.25) is 0 Å². The topological polar surface area (TPSA) is 79.0 Å². The van der Waals surface area contributed by atoms with Gasteiger partial charge >= 0.3 is 0 Å². The van der Waals surface area contributed by atoms with Crippen LogP contribution in [0.1, 0.15) is 23.6 Å².